The summed E-state index contributed by atoms with van der Waals surface area (Å²) >= 11 is 0. The molecular weight excluding hydrogens is 196 g/mol. The van der Waals surface area contributed by atoms with Gasteiger partial charge in [-0.3, -0.25) is 0 Å². The van der Waals surface area contributed by atoms with Crippen LogP contribution in [0.25, 0.3) is 0 Å². The van der Waals surface area contributed by atoms with Gasteiger partial charge in [-0.25, -0.2) is 4.79 Å². The molecule has 0 heterocycles. The summed E-state index contributed by atoms with van der Waals surface area (Å²) in [6, 6.07) is 0. The number of hydrogen-bond acceptors (Lipinski definition) is 4. The average molecular weight is 218 g/mol. The zero-order chi connectivity index (χ0) is 11.7. The van der Waals surface area contributed by atoms with Crippen molar-refractivity contribution in [2.24, 2.45) is 0 Å². The molecule has 90 valence electrons. The first-order chi connectivity index (χ1) is 7.07. The third-order valence-corrected chi connectivity index (χ3v) is 2.01. The number of aliphatic hydroxyl groups excluding tert-OH is 2. The van der Waals surface area contributed by atoms with Gasteiger partial charge < -0.3 is 14.9 Å². The first-order valence-corrected chi connectivity index (χ1v) is 5.57. The van der Waals surface area contributed by atoms with E-state index in [9.17, 15) is 9.90 Å². The maximum absolute atomic E-state index is 11.2. The molecule has 0 rings (SSSR count). The molecule has 0 saturated heterocycles. The molecule has 2 N–H and O–H groups in total. The molecule has 1 atom stereocenters. The Hall–Kier alpha value is -0.610. The first kappa shape index (κ1) is 14.4. The topological polar surface area (TPSA) is 66.8 Å². The lowest BCUT2D eigenvalue weighted by atomic mass is 10.1. The van der Waals surface area contributed by atoms with E-state index < -0.39 is 12.1 Å². The van der Waals surface area contributed by atoms with Gasteiger partial charge in [0, 0.05) is 6.61 Å². The Morgan fingerprint density at radius 3 is 2.33 bits per heavy atom. The van der Waals surface area contributed by atoms with Gasteiger partial charge in [0.15, 0.2) is 6.10 Å². The third kappa shape index (κ3) is 8.39. The molecule has 0 aliphatic rings. The van der Waals surface area contributed by atoms with E-state index in [-0.39, 0.29) is 12.7 Å². The van der Waals surface area contributed by atoms with Crippen molar-refractivity contribution in [1.29, 1.82) is 0 Å². The molecule has 0 aliphatic heterocycles. The van der Waals surface area contributed by atoms with E-state index in [0.29, 0.717) is 6.42 Å². The van der Waals surface area contributed by atoms with Crippen molar-refractivity contribution in [3.8, 4) is 0 Å². The molecular formula is C11H22O4. The fraction of sp³-hybridized carbons (Fsp3) is 0.909. The molecule has 0 amide bonds. The quantitative estimate of drug-likeness (QED) is 0.475. The van der Waals surface area contributed by atoms with Crippen molar-refractivity contribution in [1.82, 2.24) is 0 Å². The molecule has 0 aromatic rings. The average Bonchev–Trinajstić information content (AvgIpc) is 2.16. The molecule has 1 unspecified atom stereocenters. The van der Waals surface area contributed by atoms with E-state index in [1.165, 1.54) is 0 Å². The molecule has 0 fully saturated rings. The fourth-order valence-corrected chi connectivity index (χ4v) is 1.23. The Morgan fingerprint density at radius 1 is 1.20 bits per heavy atom. The van der Waals surface area contributed by atoms with Crippen molar-refractivity contribution in [3.63, 3.8) is 0 Å². The van der Waals surface area contributed by atoms with Crippen LogP contribution in [0.3, 0.4) is 0 Å². The maximum Gasteiger partial charge on any atom is 0.335 e. The number of unbranched alkanes of at least 4 members (excludes halogenated alkanes) is 3. The van der Waals surface area contributed by atoms with Crippen molar-refractivity contribution < 1.29 is 19.7 Å². The van der Waals surface area contributed by atoms with Crippen LogP contribution < -0.4 is 0 Å². The van der Waals surface area contributed by atoms with Gasteiger partial charge in [-0.2, -0.15) is 0 Å². The zero-order valence-corrected chi connectivity index (χ0v) is 9.61. The molecule has 0 aromatic carbocycles. The van der Waals surface area contributed by atoms with E-state index >= 15 is 0 Å². The fourth-order valence-electron chi connectivity index (χ4n) is 1.23. The van der Waals surface area contributed by atoms with Gasteiger partial charge in [0.2, 0.25) is 0 Å². The van der Waals surface area contributed by atoms with E-state index in [0.717, 1.165) is 25.7 Å². The highest BCUT2D eigenvalue weighted by molar-refractivity contribution is 5.74. The highest BCUT2D eigenvalue weighted by atomic mass is 16.6. The minimum absolute atomic E-state index is 0.179. The van der Waals surface area contributed by atoms with Crippen molar-refractivity contribution in [2.75, 3.05) is 6.61 Å². The number of hydrogen-bond donors (Lipinski definition) is 2. The summed E-state index contributed by atoms with van der Waals surface area (Å²) in [5.41, 5.74) is 0. The SMILES string of the molecule is CC(C)OC(=O)C(O)CCCCCCO. The first-order valence-electron chi connectivity index (χ1n) is 5.57. The van der Waals surface area contributed by atoms with Crippen molar-refractivity contribution in [3.05, 3.63) is 0 Å². The standard InChI is InChI=1S/C11H22O4/c1-9(2)15-11(14)10(13)7-5-3-4-6-8-12/h9-10,12-13H,3-8H2,1-2H3. The maximum atomic E-state index is 11.2. The van der Waals surface area contributed by atoms with Gasteiger partial charge in [0.25, 0.3) is 0 Å². The Balaban J connectivity index is 3.47. The second kappa shape index (κ2) is 8.68. The van der Waals surface area contributed by atoms with Gasteiger partial charge in [-0.05, 0) is 26.7 Å². The van der Waals surface area contributed by atoms with Crippen LogP contribution in [0.5, 0.6) is 0 Å². The molecule has 0 aliphatic carbocycles. The Bertz CT molecular complexity index is 168. The second-order valence-corrected chi connectivity index (χ2v) is 3.93. The Morgan fingerprint density at radius 2 is 1.80 bits per heavy atom. The number of carbonyl (C=O) groups excluding carboxylic acids is 1. The molecule has 0 aromatic heterocycles. The Labute approximate surface area is 91.3 Å². The van der Waals surface area contributed by atoms with Crippen LogP contribution in [0.15, 0.2) is 0 Å². The summed E-state index contributed by atoms with van der Waals surface area (Å²) in [7, 11) is 0. The summed E-state index contributed by atoms with van der Waals surface area (Å²) in [4.78, 5) is 11.2. The lowest BCUT2D eigenvalue weighted by Gasteiger charge is -2.12. The van der Waals surface area contributed by atoms with Crippen LogP contribution in [0.4, 0.5) is 0 Å². The van der Waals surface area contributed by atoms with Gasteiger partial charge in [0.1, 0.15) is 0 Å². The largest absolute Gasteiger partial charge is 0.461 e. The molecule has 4 heteroatoms. The van der Waals surface area contributed by atoms with Crippen LogP contribution in [0, 0.1) is 0 Å². The summed E-state index contributed by atoms with van der Waals surface area (Å²) in [6.07, 6.45) is 2.69. The molecule has 0 saturated carbocycles. The van der Waals surface area contributed by atoms with E-state index in [2.05, 4.69) is 0 Å². The van der Waals surface area contributed by atoms with E-state index in [4.69, 9.17) is 9.84 Å². The zero-order valence-electron chi connectivity index (χ0n) is 9.61. The number of carbonyl (C=O) groups is 1. The van der Waals surface area contributed by atoms with Crippen LogP contribution >= 0.6 is 0 Å². The summed E-state index contributed by atoms with van der Waals surface area (Å²) < 4.78 is 4.86. The molecule has 0 radical (unpaired) electrons. The highest BCUT2D eigenvalue weighted by Crippen LogP contribution is 2.07. The predicted octanol–water partition coefficient (Wildman–Crippen LogP) is 1.24. The van der Waals surface area contributed by atoms with E-state index in [1.807, 2.05) is 0 Å². The summed E-state index contributed by atoms with van der Waals surface area (Å²) in [5.74, 6) is -0.535. The van der Waals surface area contributed by atoms with Crippen LogP contribution in [0.2, 0.25) is 0 Å². The van der Waals surface area contributed by atoms with Gasteiger partial charge in [0.05, 0.1) is 6.10 Å². The molecule has 0 spiro atoms. The smallest absolute Gasteiger partial charge is 0.335 e. The minimum Gasteiger partial charge on any atom is -0.461 e. The van der Waals surface area contributed by atoms with Crippen LogP contribution in [0.1, 0.15) is 46.0 Å². The highest BCUT2D eigenvalue weighted by Gasteiger charge is 2.16. The number of aliphatic hydroxyl groups is 2. The predicted molar refractivity (Wildman–Crippen MR) is 57.4 cm³/mol. The van der Waals surface area contributed by atoms with Gasteiger partial charge in [-0.15, -0.1) is 0 Å². The molecule has 4 nitrogen and oxygen atoms in total. The monoisotopic (exact) mass is 218 g/mol. The van der Waals surface area contributed by atoms with Gasteiger partial charge in [-0.1, -0.05) is 19.3 Å². The van der Waals surface area contributed by atoms with Crippen molar-refractivity contribution >= 4 is 5.97 Å². The van der Waals surface area contributed by atoms with E-state index in [1.54, 1.807) is 13.8 Å². The summed E-state index contributed by atoms with van der Waals surface area (Å²) in [5, 5.41) is 17.9. The summed E-state index contributed by atoms with van der Waals surface area (Å²) in [6.45, 7) is 3.72. The molecule has 0 bridgehead atoms. The lowest BCUT2D eigenvalue weighted by molar-refractivity contribution is -0.157. The Kier molecular flexibility index (Phi) is 8.33. The van der Waals surface area contributed by atoms with Crippen LogP contribution in [-0.4, -0.2) is 35.0 Å². The van der Waals surface area contributed by atoms with Crippen molar-refractivity contribution in [2.45, 2.75) is 58.2 Å². The second-order valence-electron chi connectivity index (χ2n) is 3.93. The van der Waals surface area contributed by atoms with Gasteiger partial charge >= 0.3 is 5.97 Å². The molecule has 15 heavy (non-hydrogen) atoms. The third-order valence-electron chi connectivity index (χ3n) is 2.01. The minimum atomic E-state index is -0.999. The van der Waals surface area contributed by atoms with Crippen LogP contribution in [-0.2, 0) is 9.53 Å². The number of rotatable bonds is 8. The lowest BCUT2D eigenvalue weighted by Crippen LogP contribution is -2.25. The number of ether oxygens (including phenoxy) is 1. The normalized spacial score (nSPS) is 12.9. The number of esters is 1.